The first kappa shape index (κ1) is 69.8. The van der Waals surface area contributed by atoms with Gasteiger partial charge in [-0.1, -0.05) is 262 Å². The second-order valence-corrected chi connectivity index (χ2v) is 18.8. The molecule has 0 spiro atoms. The molecule has 0 aliphatic rings. The Labute approximate surface area is 460 Å². The number of hydrogen-bond donors (Lipinski definition) is 0. The highest BCUT2D eigenvalue weighted by Gasteiger charge is 2.19. The zero-order chi connectivity index (χ0) is 54.3. The lowest BCUT2D eigenvalue weighted by molar-refractivity contribution is -0.166. The molecule has 0 fully saturated rings. The third kappa shape index (κ3) is 59.5. The largest absolute Gasteiger partial charge is 0.462 e. The molecule has 0 bridgehead atoms. The number of allylic oxidation sites excluding steroid dienone is 27. The van der Waals surface area contributed by atoms with Gasteiger partial charge in [0.05, 0.1) is 6.42 Å². The van der Waals surface area contributed by atoms with E-state index in [2.05, 4.69) is 179 Å². The second kappa shape index (κ2) is 61.3. The van der Waals surface area contributed by atoms with Crippen molar-refractivity contribution in [2.45, 2.75) is 232 Å². The van der Waals surface area contributed by atoms with Gasteiger partial charge in [-0.25, -0.2) is 0 Å². The van der Waals surface area contributed by atoms with E-state index in [1.54, 1.807) is 6.08 Å². The zero-order valence-electron chi connectivity index (χ0n) is 47.7. The molecule has 0 aromatic rings. The topological polar surface area (TPSA) is 78.9 Å². The molecule has 418 valence electrons. The SMILES string of the molecule is CC/C=C\C/C=C\C/C=C\C/C=C\C/C=C\C/C=C\C/C=C\C/C=C\C/C=C\CCCCCC(=O)OCC(COC(=O)CCCCCCCCCCCCC)OC(=O)C/C=C\C/C=C\C/C=C\C/C=C\C/C=C\CC. The molecule has 1 atom stereocenters. The van der Waals surface area contributed by atoms with Crippen molar-refractivity contribution in [1.29, 1.82) is 0 Å². The maximum absolute atomic E-state index is 12.8. The van der Waals surface area contributed by atoms with E-state index >= 15 is 0 Å². The van der Waals surface area contributed by atoms with Gasteiger partial charge in [0.1, 0.15) is 13.2 Å². The standard InChI is InChI=1S/C69H106O6/c1-4-7-10-13-16-19-22-24-26-27-28-29-30-31-32-33-34-35-36-37-38-39-40-41-43-44-47-50-53-56-59-62-68(71)74-65-66(64-73-67(70)61-58-55-52-49-46-21-18-15-12-9-6-3)75-69(72)63-60-57-54-51-48-45-42-25-23-20-17-14-11-8-5-2/h7-8,10-11,16-17,19-20,24-26,28-29,31-32,34-35,37-38,40-42,44,47-48,51,57,60,66H,4-6,9,12-15,18,21-23,27,30,33,36,39,43,45-46,49-50,52-56,58-59,61-65H2,1-3H3/b10-7-,11-8-,19-16-,20-17-,26-24-,29-28-,32-31-,35-34-,38-37-,41-40-,42-25-,47-44-,51-48-,60-57-. The van der Waals surface area contributed by atoms with Crippen LogP contribution in [0.4, 0.5) is 0 Å². The van der Waals surface area contributed by atoms with Gasteiger partial charge >= 0.3 is 17.9 Å². The van der Waals surface area contributed by atoms with E-state index in [4.69, 9.17) is 14.2 Å². The molecular weight excluding hydrogens is 925 g/mol. The molecule has 0 aromatic carbocycles. The molecule has 0 N–H and O–H groups in total. The Hall–Kier alpha value is -5.23. The van der Waals surface area contributed by atoms with Gasteiger partial charge in [0.25, 0.3) is 0 Å². The van der Waals surface area contributed by atoms with Gasteiger partial charge in [-0.2, -0.15) is 0 Å². The van der Waals surface area contributed by atoms with Crippen molar-refractivity contribution in [3.8, 4) is 0 Å². The van der Waals surface area contributed by atoms with Crippen molar-refractivity contribution in [2.75, 3.05) is 13.2 Å². The van der Waals surface area contributed by atoms with Crippen LogP contribution in [0.2, 0.25) is 0 Å². The third-order valence-corrected chi connectivity index (χ3v) is 11.7. The van der Waals surface area contributed by atoms with Crippen LogP contribution in [-0.2, 0) is 28.6 Å². The van der Waals surface area contributed by atoms with E-state index in [9.17, 15) is 14.4 Å². The van der Waals surface area contributed by atoms with Crippen LogP contribution in [0.5, 0.6) is 0 Å². The fourth-order valence-corrected chi connectivity index (χ4v) is 7.39. The monoisotopic (exact) mass is 1030 g/mol. The van der Waals surface area contributed by atoms with Gasteiger partial charge in [-0.05, 0) is 116 Å². The normalized spacial score (nSPS) is 13.4. The fraction of sp³-hybridized carbons (Fsp3) is 0.551. The summed E-state index contributed by atoms with van der Waals surface area (Å²) in [6, 6.07) is 0. The first-order chi connectivity index (χ1) is 37.0. The van der Waals surface area contributed by atoms with Gasteiger partial charge in [-0.3, -0.25) is 14.4 Å². The van der Waals surface area contributed by atoms with Crippen molar-refractivity contribution in [3.05, 3.63) is 170 Å². The van der Waals surface area contributed by atoms with Crippen LogP contribution in [0.15, 0.2) is 170 Å². The summed E-state index contributed by atoms with van der Waals surface area (Å²) in [7, 11) is 0. The first-order valence-electron chi connectivity index (χ1n) is 29.6. The summed E-state index contributed by atoms with van der Waals surface area (Å²) in [5.74, 6) is -1.11. The maximum Gasteiger partial charge on any atom is 0.310 e. The average molecular weight is 1030 g/mol. The number of unbranched alkanes of at least 4 members (excludes halogenated alkanes) is 13. The Bertz CT molecular complexity index is 1750. The third-order valence-electron chi connectivity index (χ3n) is 11.7. The van der Waals surface area contributed by atoms with Crippen LogP contribution >= 0.6 is 0 Å². The Morgan fingerprint density at radius 1 is 0.293 bits per heavy atom. The van der Waals surface area contributed by atoms with Crippen LogP contribution in [0.3, 0.4) is 0 Å². The molecule has 0 rings (SSSR count). The molecule has 0 aromatic heterocycles. The highest BCUT2D eigenvalue weighted by molar-refractivity contribution is 5.72. The summed E-state index contributed by atoms with van der Waals surface area (Å²) in [6.07, 6.45) is 91.0. The number of rotatable bonds is 51. The molecule has 0 saturated carbocycles. The van der Waals surface area contributed by atoms with E-state index in [1.165, 1.54) is 51.4 Å². The summed E-state index contributed by atoms with van der Waals surface area (Å²) in [4.78, 5) is 38.0. The van der Waals surface area contributed by atoms with Crippen molar-refractivity contribution >= 4 is 17.9 Å². The molecule has 0 saturated heterocycles. The smallest absolute Gasteiger partial charge is 0.310 e. The number of ether oxygens (including phenoxy) is 3. The number of carbonyl (C=O) groups excluding carboxylic acids is 3. The molecule has 0 aliphatic carbocycles. The van der Waals surface area contributed by atoms with Crippen LogP contribution in [0, 0.1) is 0 Å². The second-order valence-electron chi connectivity index (χ2n) is 18.8. The molecule has 6 nitrogen and oxygen atoms in total. The van der Waals surface area contributed by atoms with Crippen LogP contribution in [0.25, 0.3) is 0 Å². The predicted molar refractivity (Wildman–Crippen MR) is 325 cm³/mol. The Morgan fingerprint density at radius 2 is 0.560 bits per heavy atom. The molecule has 0 aliphatic heterocycles. The van der Waals surface area contributed by atoms with E-state index in [0.717, 1.165) is 128 Å². The van der Waals surface area contributed by atoms with Gasteiger partial charge < -0.3 is 14.2 Å². The van der Waals surface area contributed by atoms with Crippen molar-refractivity contribution in [3.63, 3.8) is 0 Å². The summed E-state index contributed by atoms with van der Waals surface area (Å²) in [5, 5.41) is 0. The van der Waals surface area contributed by atoms with Crippen molar-refractivity contribution in [2.24, 2.45) is 0 Å². The zero-order valence-corrected chi connectivity index (χ0v) is 47.7. The summed E-state index contributed by atoms with van der Waals surface area (Å²) in [5.41, 5.74) is 0. The average Bonchev–Trinajstić information content (AvgIpc) is 3.41. The highest BCUT2D eigenvalue weighted by atomic mass is 16.6. The highest BCUT2D eigenvalue weighted by Crippen LogP contribution is 2.13. The molecule has 0 amide bonds. The lowest BCUT2D eigenvalue weighted by Crippen LogP contribution is -2.30. The molecule has 75 heavy (non-hydrogen) atoms. The van der Waals surface area contributed by atoms with Gasteiger partial charge in [0.2, 0.25) is 0 Å². The summed E-state index contributed by atoms with van der Waals surface area (Å²) >= 11 is 0. The number of carbonyl (C=O) groups is 3. The lowest BCUT2D eigenvalue weighted by atomic mass is 10.1. The van der Waals surface area contributed by atoms with Crippen molar-refractivity contribution in [1.82, 2.24) is 0 Å². The minimum absolute atomic E-state index is 0.0824. The Kier molecular flexibility index (Phi) is 57.0. The molecule has 0 heterocycles. The van der Waals surface area contributed by atoms with Crippen LogP contribution in [0.1, 0.15) is 226 Å². The number of esters is 3. The van der Waals surface area contributed by atoms with E-state index in [0.29, 0.717) is 19.3 Å². The van der Waals surface area contributed by atoms with Gasteiger partial charge in [0, 0.05) is 12.8 Å². The Morgan fingerprint density at radius 3 is 0.880 bits per heavy atom. The van der Waals surface area contributed by atoms with Gasteiger partial charge in [0.15, 0.2) is 6.10 Å². The quantitative estimate of drug-likeness (QED) is 0.0261. The van der Waals surface area contributed by atoms with E-state index in [1.807, 2.05) is 6.08 Å². The lowest BCUT2D eigenvalue weighted by Gasteiger charge is -2.18. The Balaban J connectivity index is 4.44. The van der Waals surface area contributed by atoms with Crippen molar-refractivity contribution < 1.29 is 28.6 Å². The van der Waals surface area contributed by atoms with Gasteiger partial charge in [-0.15, -0.1) is 0 Å². The van der Waals surface area contributed by atoms with Crippen LogP contribution < -0.4 is 0 Å². The van der Waals surface area contributed by atoms with E-state index < -0.39 is 12.1 Å². The minimum atomic E-state index is -0.853. The fourth-order valence-electron chi connectivity index (χ4n) is 7.39. The molecule has 1 unspecified atom stereocenters. The minimum Gasteiger partial charge on any atom is -0.462 e. The molecule has 6 heteroatoms. The predicted octanol–water partition coefficient (Wildman–Crippen LogP) is 20.3. The first-order valence-corrected chi connectivity index (χ1v) is 29.6. The number of hydrogen-bond acceptors (Lipinski definition) is 6. The summed E-state index contributed by atoms with van der Waals surface area (Å²) < 4.78 is 16.7. The molecular formula is C69H106O6. The van der Waals surface area contributed by atoms with Crippen LogP contribution in [-0.4, -0.2) is 37.2 Å². The maximum atomic E-state index is 12.8. The molecule has 0 radical (unpaired) electrons. The van der Waals surface area contributed by atoms with E-state index in [-0.39, 0.29) is 31.6 Å². The summed E-state index contributed by atoms with van der Waals surface area (Å²) in [6.45, 7) is 6.27.